The molecule has 0 fully saturated rings. The summed E-state index contributed by atoms with van der Waals surface area (Å²) in [6.07, 6.45) is 0. The van der Waals surface area contributed by atoms with E-state index in [0.717, 1.165) is 15.5 Å². The lowest BCUT2D eigenvalue weighted by molar-refractivity contribution is 0.104. The van der Waals surface area contributed by atoms with Gasteiger partial charge in [-0.3, -0.25) is 4.79 Å². The van der Waals surface area contributed by atoms with E-state index in [1.165, 1.54) is 0 Å². The van der Waals surface area contributed by atoms with E-state index in [9.17, 15) is 4.79 Å². The molecule has 0 bridgehead atoms. The first kappa shape index (κ1) is 9.34. The van der Waals surface area contributed by atoms with Gasteiger partial charge in [-0.05, 0) is 0 Å². The summed E-state index contributed by atoms with van der Waals surface area (Å²) < 4.78 is 0. The van der Waals surface area contributed by atoms with Gasteiger partial charge in [0, 0.05) is 19.7 Å². The first-order valence-electron chi connectivity index (χ1n) is 4.39. The molecule has 0 unspecified atom stereocenters. The van der Waals surface area contributed by atoms with E-state index in [1.807, 2.05) is 49.3 Å². The molecule has 2 rings (SSSR count). The number of Topliss-reactive ketones (excluding diaryl/α,β-unsaturated/α-hetero) is 1. The van der Waals surface area contributed by atoms with Crippen molar-refractivity contribution in [1.29, 1.82) is 0 Å². The lowest BCUT2D eigenvalue weighted by Crippen LogP contribution is -2.03. The molecule has 1 aliphatic rings. The summed E-state index contributed by atoms with van der Waals surface area (Å²) in [6, 6.07) is 9.38. The maximum Gasteiger partial charge on any atom is 0.202 e. The van der Waals surface area contributed by atoms with Crippen LogP contribution in [0.15, 0.2) is 40.3 Å². The van der Waals surface area contributed by atoms with Crippen LogP contribution in [0.5, 0.6) is 0 Å². The fourth-order valence-corrected chi connectivity index (χ4v) is 2.04. The molecule has 0 amide bonds. The van der Waals surface area contributed by atoms with Crippen molar-refractivity contribution in [1.82, 2.24) is 4.90 Å². The molecule has 72 valence electrons. The molecule has 1 heterocycles. The summed E-state index contributed by atoms with van der Waals surface area (Å²) in [5.41, 5.74) is 0.770. The lowest BCUT2D eigenvalue weighted by Gasteiger charge is -2.01. The molecule has 0 saturated heterocycles. The Morgan fingerprint density at radius 2 is 1.86 bits per heavy atom. The first-order valence-corrected chi connectivity index (χ1v) is 5.21. The molecule has 0 aliphatic carbocycles. The highest BCUT2D eigenvalue weighted by Crippen LogP contribution is 2.47. The van der Waals surface area contributed by atoms with Gasteiger partial charge in [0.15, 0.2) is 0 Å². The molecular formula is C11H11NOS. The molecule has 0 N–H and O–H groups in total. The fourth-order valence-electron chi connectivity index (χ4n) is 1.23. The van der Waals surface area contributed by atoms with Crippen molar-refractivity contribution < 1.29 is 4.79 Å². The summed E-state index contributed by atoms with van der Waals surface area (Å²) >= 11 is 1.56. The molecular weight excluding hydrogens is 194 g/mol. The minimum absolute atomic E-state index is 0.138. The van der Waals surface area contributed by atoms with Gasteiger partial charge in [0.05, 0.1) is 9.93 Å². The van der Waals surface area contributed by atoms with Gasteiger partial charge < -0.3 is 4.90 Å². The second-order valence-electron chi connectivity index (χ2n) is 3.33. The van der Waals surface area contributed by atoms with Gasteiger partial charge in [-0.15, -0.1) is 0 Å². The predicted molar refractivity (Wildman–Crippen MR) is 59.1 cm³/mol. The molecule has 14 heavy (non-hydrogen) atoms. The molecule has 0 radical (unpaired) electrons. The Labute approximate surface area is 87.6 Å². The number of allylic oxidation sites excluding steroid dienone is 1. The van der Waals surface area contributed by atoms with Gasteiger partial charge in [-0.1, -0.05) is 42.1 Å². The number of ketones is 1. The van der Waals surface area contributed by atoms with Crippen molar-refractivity contribution >= 4 is 17.5 Å². The van der Waals surface area contributed by atoms with Crippen LogP contribution in [0.25, 0.3) is 0 Å². The highest BCUT2D eigenvalue weighted by Gasteiger charge is 2.31. The molecule has 0 saturated carbocycles. The molecule has 0 aromatic heterocycles. The number of hydrogen-bond donors (Lipinski definition) is 0. The first-order chi connectivity index (χ1) is 6.70. The molecule has 1 aromatic carbocycles. The SMILES string of the molecule is CN(C)C1=C(C(=O)c2ccccc2)S1. The predicted octanol–water partition coefficient (Wildman–Crippen LogP) is 2.35. The second kappa shape index (κ2) is 3.50. The number of rotatable bonds is 3. The van der Waals surface area contributed by atoms with Crippen LogP contribution in [0.1, 0.15) is 10.4 Å². The second-order valence-corrected chi connectivity index (χ2v) is 4.32. The van der Waals surface area contributed by atoms with Crippen LogP contribution >= 0.6 is 11.8 Å². The van der Waals surface area contributed by atoms with Crippen LogP contribution in [0.3, 0.4) is 0 Å². The van der Waals surface area contributed by atoms with E-state index >= 15 is 0 Å². The fraction of sp³-hybridized carbons (Fsp3) is 0.182. The molecule has 2 nitrogen and oxygen atoms in total. The monoisotopic (exact) mass is 205 g/mol. The van der Waals surface area contributed by atoms with Crippen LogP contribution in [-0.2, 0) is 0 Å². The van der Waals surface area contributed by atoms with Gasteiger partial charge in [0.25, 0.3) is 0 Å². The van der Waals surface area contributed by atoms with Crippen LogP contribution in [0.4, 0.5) is 0 Å². The zero-order valence-corrected chi connectivity index (χ0v) is 8.97. The number of carbonyl (C=O) groups is 1. The van der Waals surface area contributed by atoms with Gasteiger partial charge >= 0.3 is 0 Å². The Morgan fingerprint density at radius 3 is 2.36 bits per heavy atom. The molecule has 3 heteroatoms. The Kier molecular flexibility index (Phi) is 2.33. The third kappa shape index (κ3) is 1.68. The largest absolute Gasteiger partial charge is 0.371 e. The van der Waals surface area contributed by atoms with Crippen LogP contribution in [0.2, 0.25) is 0 Å². The van der Waals surface area contributed by atoms with E-state index in [1.54, 1.807) is 11.8 Å². The van der Waals surface area contributed by atoms with Crippen molar-refractivity contribution in [2.75, 3.05) is 14.1 Å². The summed E-state index contributed by atoms with van der Waals surface area (Å²) in [6.45, 7) is 0. The summed E-state index contributed by atoms with van der Waals surface area (Å²) in [5.74, 6) is 0.138. The quantitative estimate of drug-likeness (QED) is 0.706. The maximum absolute atomic E-state index is 11.8. The van der Waals surface area contributed by atoms with E-state index < -0.39 is 0 Å². The third-order valence-electron chi connectivity index (χ3n) is 2.00. The van der Waals surface area contributed by atoms with E-state index in [2.05, 4.69) is 0 Å². The molecule has 0 spiro atoms. The Bertz CT molecular complexity index is 395. The van der Waals surface area contributed by atoms with Gasteiger partial charge in [0.1, 0.15) is 0 Å². The number of nitrogens with zero attached hydrogens (tertiary/aromatic N) is 1. The Balaban J connectivity index is 2.20. The van der Waals surface area contributed by atoms with Crippen molar-refractivity contribution in [2.45, 2.75) is 0 Å². The standard InChI is InChI=1S/C11H11NOS/c1-12(2)11-10(14-11)9(13)8-6-4-3-5-7-8/h3-7H,1-2H3. The summed E-state index contributed by atoms with van der Waals surface area (Å²) in [7, 11) is 3.90. The molecule has 0 atom stereocenters. The van der Waals surface area contributed by atoms with Crippen LogP contribution in [0, 0.1) is 0 Å². The summed E-state index contributed by atoms with van der Waals surface area (Å²) in [5, 5.41) is 1.08. The normalized spacial score (nSPS) is 14.1. The third-order valence-corrected chi connectivity index (χ3v) is 3.14. The van der Waals surface area contributed by atoms with E-state index in [-0.39, 0.29) is 5.78 Å². The number of thioether (sulfide) groups is 1. The zero-order chi connectivity index (χ0) is 10.1. The van der Waals surface area contributed by atoms with E-state index in [4.69, 9.17) is 0 Å². The Hall–Kier alpha value is -1.22. The van der Waals surface area contributed by atoms with Gasteiger partial charge in [0.2, 0.25) is 5.78 Å². The van der Waals surface area contributed by atoms with Crippen molar-refractivity contribution in [3.05, 3.63) is 45.8 Å². The van der Waals surface area contributed by atoms with Crippen molar-refractivity contribution in [3.8, 4) is 0 Å². The highest BCUT2D eigenvalue weighted by atomic mass is 32.2. The lowest BCUT2D eigenvalue weighted by atomic mass is 10.1. The zero-order valence-electron chi connectivity index (χ0n) is 8.15. The minimum atomic E-state index is 0.138. The van der Waals surface area contributed by atoms with Gasteiger partial charge in [-0.25, -0.2) is 0 Å². The Morgan fingerprint density at radius 1 is 1.21 bits per heavy atom. The smallest absolute Gasteiger partial charge is 0.202 e. The number of carbonyl (C=O) groups excluding carboxylic acids is 1. The topological polar surface area (TPSA) is 20.3 Å². The number of benzene rings is 1. The molecule has 1 aliphatic heterocycles. The van der Waals surface area contributed by atoms with Crippen molar-refractivity contribution in [3.63, 3.8) is 0 Å². The van der Waals surface area contributed by atoms with Gasteiger partial charge in [-0.2, -0.15) is 0 Å². The van der Waals surface area contributed by atoms with Crippen LogP contribution in [-0.4, -0.2) is 24.8 Å². The summed E-state index contributed by atoms with van der Waals surface area (Å²) in [4.78, 5) is 14.7. The highest BCUT2D eigenvalue weighted by molar-refractivity contribution is 8.14. The van der Waals surface area contributed by atoms with E-state index in [0.29, 0.717) is 0 Å². The molecule has 1 aromatic rings. The maximum atomic E-state index is 11.8. The van der Waals surface area contributed by atoms with Crippen LogP contribution < -0.4 is 0 Å². The average molecular weight is 205 g/mol. The minimum Gasteiger partial charge on any atom is -0.371 e. The average Bonchev–Trinajstić information content (AvgIpc) is 2.97. The number of hydrogen-bond acceptors (Lipinski definition) is 3. The van der Waals surface area contributed by atoms with Crippen molar-refractivity contribution in [2.24, 2.45) is 0 Å².